The van der Waals surface area contributed by atoms with Gasteiger partial charge in [0.1, 0.15) is 11.6 Å². The average molecular weight is 593 g/mol. The molecule has 1 saturated carbocycles. The van der Waals surface area contributed by atoms with Gasteiger partial charge in [-0.05, 0) is 36.8 Å². The highest BCUT2D eigenvalue weighted by molar-refractivity contribution is 5.52. The molecule has 1 aliphatic rings. The minimum Gasteiger partial charge on any atom is -0.370 e. The van der Waals surface area contributed by atoms with Crippen molar-refractivity contribution in [3.63, 3.8) is 0 Å². The van der Waals surface area contributed by atoms with E-state index >= 15 is 0 Å². The van der Waals surface area contributed by atoms with Crippen LogP contribution in [0, 0.1) is 0 Å². The van der Waals surface area contributed by atoms with Crippen molar-refractivity contribution in [3.8, 4) is 0 Å². The van der Waals surface area contributed by atoms with Crippen LogP contribution in [0.2, 0.25) is 0 Å². The van der Waals surface area contributed by atoms with Crippen molar-refractivity contribution in [1.82, 2.24) is 19.9 Å². The van der Waals surface area contributed by atoms with E-state index in [1.165, 1.54) is 11.1 Å². The van der Waals surface area contributed by atoms with Crippen LogP contribution in [0.5, 0.6) is 0 Å². The van der Waals surface area contributed by atoms with E-state index in [2.05, 4.69) is 122 Å². The Bertz CT molecular complexity index is 1270. The van der Waals surface area contributed by atoms with Crippen molar-refractivity contribution >= 4 is 23.5 Å². The first kappa shape index (κ1) is 31.2. The average Bonchev–Trinajstić information content (AvgIpc) is 3.05. The summed E-state index contributed by atoms with van der Waals surface area (Å²) in [5, 5.41) is 14.0. The van der Waals surface area contributed by atoms with E-state index in [4.69, 9.17) is 19.9 Å². The molecule has 232 valence electrons. The smallest absolute Gasteiger partial charge is 0.224 e. The SMILES string of the molecule is CCCNc1cc(C2[C@H](c3ccccc3)[C@@H](c3cc(NCCC)nc(NCCC)n3)[C@@H]2c2ccccc2)nc(NCCC)n1. The van der Waals surface area contributed by atoms with E-state index in [-0.39, 0.29) is 23.7 Å². The van der Waals surface area contributed by atoms with E-state index in [9.17, 15) is 0 Å². The van der Waals surface area contributed by atoms with Gasteiger partial charge in [-0.2, -0.15) is 9.97 Å². The third-order valence-electron chi connectivity index (χ3n) is 8.27. The maximum atomic E-state index is 5.18. The van der Waals surface area contributed by atoms with Gasteiger partial charge in [-0.25, -0.2) is 9.97 Å². The van der Waals surface area contributed by atoms with Crippen molar-refractivity contribution < 1.29 is 0 Å². The topological polar surface area (TPSA) is 99.7 Å². The van der Waals surface area contributed by atoms with Gasteiger partial charge in [-0.3, -0.25) is 0 Å². The molecule has 2 aromatic carbocycles. The van der Waals surface area contributed by atoms with E-state index in [1.807, 2.05) is 0 Å². The van der Waals surface area contributed by atoms with Gasteiger partial charge in [0.05, 0.1) is 11.4 Å². The summed E-state index contributed by atoms with van der Waals surface area (Å²) < 4.78 is 0. The van der Waals surface area contributed by atoms with Crippen molar-refractivity contribution in [1.29, 1.82) is 0 Å². The molecule has 0 radical (unpaired) electrons. The van der Waals surface area contributed by atoms with Crippen molar-refractivity contribution in [3.05, 3.63) is 95.3 Å². The lowest BCUT2D eigenvalue weighted by Crippen LogP contribution is -2.41. The molecular formula is C36H48N8. The van der Waals surface area contributed by atoms with Crippen LogP contribution in [-0.2, 0) is 0 Å². The summed E-state index contributed by atoms with van der Waals surface area (Å²) in [6.07, 6.45) is 4.07. The summed E-state index contributed by atoms with van der Waals surface area (Å²) in [6, 6.07) is 26.1. The number of hydrogen-bond acceptors (Lipinski definition) is 8. The summed E-state index contributed by atoms with van der Waals surface area (Å²) in [4.78, 5) is 20.0. The normalized spacial score (nSPS) is 19.2. The number of rotatable bonds is 16. The van der Waals surface area contributed by atoms with E-state index in [1.54, 1.807) is 0 Å². The molecule has 0 spiro atoms. The monoisotopic (exact) mass is 592 g/mol. The van der Waals surface area contributed by atoms with Crippen LogP contribution >= 0.6 is 0 Å². The number of nitrogens with one attached hydrogen (secondary N) is 4. The summed E-state index contributed by atoms with van der Waals surface area (Å²) in [5.41, 5.74) is 4.70. The number of aromatic nitrogens is 4. The molecule has 4 N–H and O–H groups in total. The molecular weight excluding hydrogens is 544 g/mol. The quantitative estimate of drug-likeness (QED) is 0.104. The van der Waals surface area contributed by atoms with Crippen molar-refractivity contribution in [2.45, 2.75) is 77.0 Å². The Labute approximate surface area is 263 Å². The van der Waals surface area contributed by atoms with Gasteiger partial charge in [-0.1, -0.05) is 88.4 Å². The Morgan fingerprint density at radius 3 is 1.18 bits per heavy atom. The first-order valence-electron chi connectivity index (χ1n) is 16.5. The van der Waals surface area contributed by atoms with Crippen molar-refractivity contribution in [2.24, 2.45) is 0 Å². The lowest BCUT2D eigenvalue weighted by Gasteiger charge is -2.52. The molecule has 2 heterocycles. The second-order valence-corrected chi connectivity index (χ2v) is 11.6. The predicted octanol–water partition coefficient (Wildman–Crippen LogP) is 8.00. The number of anilines is 4. The lowest BCUT2D eigenvalue weighted by molar-refractivity contribution is 0.220. The highest BCUT2D eigenvalue weighted by Gasteiger charge is 2.54. The fourth-order valence-corrected chi connectivity index (χ4v) is 6.26. The van der Waals surface area contributed by atoms with Gasteiger partial charge in [0.25, 0.3) is 0 Å². The maximum absolute atomic E-state index is 5.18. The Hall–Kier alpha value is -4.20. The second kappa shape index (κ2) is 15.5. The highest BCUT2D eigenvalue weighted by atomic mass is 15.2. The van der Waals surface area contributed by atoms with E-state index in [0.717, 1.165) is 74.9 Å². The third kappa shape index (κ3) is 7.29. The molecule has 4 aromatic rings. The highest BCUT2D eigenvalue weighted by Crippen LogP contribution is 2.66. The van der Waals surface area contributed by atoms with Gasteiger partial charge in [-0.15, -0.1) is 0 Å². The summed E-state index contributed by atoms with van der Waals surface area (Å²) >= 11 is 0. The van der Waals surface area contributed by atoms with Crippen LogP contribution in [0.25, 0.3) is 0 Å². The molecule has 0 saturated heterocycles. The Morgan fingerprint density at radius 2 is 0.818 bits per heavy atom. The van der Waals surface area contributed by atoms with Gasteiger partial charge in [0.15, 0.2) is 0 Å². The molecule has 2 aromatic heterocycles. The van der Waals surface area contributed by atoms with Crippen LogP contribution in [0.1, 0.15) is 99.6 Å². The minimum atomic E-state index is 0.131. The molecule has 0 unspecified atom stereocenters. The second-order valence-electron chi connectivity index (χ2n) is 11.6. The summed E-state index contributed by atoms with van der Waals surface area (Å²) in [7, 11) is 0. The molecule has 0 amide bonds. The Kier molecular flexibility index (Phi) is 11.0. The molecule has 0 aliphatic heterocycles. The molecule has 8 nitrogen and oxygen atoms in total. The van der Waals surface area contributed by atoms with E-state index < -0.39 is 0 Å². The number of benzene rings is 2. The Balaban J connectivity index is 1.67. The first-order valence-corrected chi connectivity index (χ1v) is 16.5. The van der Waals surface area contributed by atoms with Gasteiger partial charge in [0, 0.05) is 62.0 Å². The molecule has 1 fully saturated rings. The zero-order chi connectivity index (χ0) is 30.7. The third-order valence-corrected chi connectivity index (χ3v) is 8.27. The van der Waals surface area contributed by atoms with Gasteiger partial charge < -0.3 is 21.3 Å². The Morgan fingerprint density at radius 1 is 0.455 bits per heavy atom. The van der Waals surface area contributed by atoms with Crippen LogP contribution < -0.4 is 21.3 Å². The predicted molar refractivity (Wildman–Crippen MR) is 183 cm³/mol. The molecule has 1 aliphatic carbocycles. The standard InChI is InChI=1S/C36H48N8/c1-5-19-37-29-23-27(41-35(43-29)39-21-7-3)33-31(25-15-11-9-12-16-25)34(32(33)26-17-13-10-14-18-26)28-24-30(38-20-6-2)44-36(42-28)40-22-8-4/h9-18,23-24,31-34H,5-8,19-22H2,1-4H3,(H2,37,39,41,43)(H2,38,40,42,44)/t31-,32+,33-,34?. The maximum Gasteiger partial charge on any atom is 0.224 e. The largest absolute Gasteiger partial charge is 0.370 e. The lowest BCUT2D eigenvalue weighted by atomic mass is 9.50. The molecule has 0 bridgehead atoms. The number of hydrogen-bond donors (Lipinski definition) is 4. The van der Waals surface area contributed by atoms with Gasteiger partial charge in [0.2, 0.25) is 11.9 Å². The zero-order valence-electron chi connectivity index (χ0n) is 26.7. The van der Waals surface area contributed by atoms with Crippen molar-refractivity contribution in [2.75, 3.05) is 47.4 Å². The van der Waals surface area contributed by atoms with E-state index in [0.29, 0.717) is 11.9 Å². The molecule has 0 atom stereocenters. The molecule has 5 rings (SSSR count). The first-order chi connectivity index (χ1) is 21.7. The van der Waals surface area contributed by atoms with Crippen LogP contribution in [0.3, 0.4) is 0 Å². The van der Waals surface area contributed by atoms with Crippen LogP contribution in [0.15, 0.2) is 72.8 Å². The molecule has 44 heavy (non-hydrogen) atoms. The fourth-order valence-electron chi connectivity index (χ4n) is 6.26. The summed E-state index contributed by atoms with van der Waals surface area (Å²) in [6.45, 7) is 12.1. The zero-order valence-corrected chi connectivity index (χ0v) is 26.7. The summed E-state index contributed by atoms with van der Waals surface area (Å²) in [5.74, 6) is 3.71. The van der Waals surface area contributed by atoms with Crippen LogP contribution in [-0.4, -0.2) is 46.1 Å². The minimum absolute atomic E-state index is 0.131. The fraction of sp³-hybridized carbons (Fsp3) is 0.444. The van der Waals surface area contributed by atoms with Crippen LogP contribution in [0.4, 0.5) is 23.5 Å². The van der Waals surface area contributed by atoms with Gasteiger partial charge >= 0.3 is 0 Å². The molecule has 8 heteroatoms. The number of nitrogens with zero attached hydrogens (tertiary/aromatic N) is 4.